The number of hydrogen-bond acceptors (Lipinski definition) is 4. The van der Waals surface area contributed by atoms with Gasteiger partial charge in [-0.1, -0.05) is 0 Å². The summed E-state index contributed by atoms with van der Waals surface area (Å²) in [5.41, 5.74) is 1.22. The highest BCUT2D eigenvalue weighted by Crippen LogP contribution is 2.24. The Labute approximate surface area is 126 Å². The zero-order valence-corrected chi connectivity index (χ0v) is 12.5. The average molecular weight is 288 g/mol. The summed E-state index contributed by atoms with van der Waals surface area (Å²) >= 11 is 0. The third-order valence-corrected chi connectivity index (χ3v) is 4.52. The number of rotatable bonds is 2. The van der Waals surface area contributed by atoms with Gasteiger partial charge in [0.15, 0.2) is 0 Å². The summed E-state index contributed by atoms with van der Waals surface area (Å²) in [6, 6.07) is 4.09. The summed E-state index contributed by atoms with van der Waals surface area (Å²) in [4.78, 5) is 21.1. The second kappa shape index (κ2) is 6.89. The predicted octanol–water partition coefficient (Wildman–Crippen LogP) is 1.12. The second-order valence-corrected chi connectivity index (χ2v) is 5.90. The van der Waals surface area contributed by atoms with Crippen molar-refractivity contribution in [2.75, 3.05) is 44.2 Å². The standard InChI is InChI=1S/C16H24N4O/c21-16(20-10-1-6-17-9-13-20)14-4-11-19(12-5-14)15-2-7-18-8-3-15/h2-3,7-8,14,17H,1,4-6,9-13H2. The number of nitrogens with zero attached hydrogens (tertiary/aromatic N) is 3. The fourth-order valence-electron chi connectivity index (χ4n) is 3.26. The Kier molecular flexibility index (Phi) is 4.70. The predicted molar refractivity (Wildman–Crippen MR) is 83.2 cm³/mol. The van der Waals surface area contributed by atoms with E-state index < -0.39 is 0 Å². The van der Waals surface area contributed by atoms with E-state index in [1.54, 1.807) is 0 Å². The van der Waals surface area contributed by atoms with Crippen molar-refractivity contribution < 1.29 is 4.79 Å². The third kappa shape index (κ3) is 3.53. The van der Waals surface area contributed by atoms with E-state index in [0.29, 0.717) is 5.91 Å². The molecule has 0 atom stereocenters. The van der Waals surface area contributed by atoms with E-state index in [4.69, 9.17) is 0 Å². The molecule has 3 rings (SSSR count). The van der Waals surface area contributed by atoms with Crippen LogP contribution in [0.1, 0.15) is 19.3 Å². The normalized spacial score (nSPS) is 21.1. The molecule has 2 aliphatic rings. The Balaban J connectivity index is 1.54. The Hall–Kier alpha value is -1.62. The minimum absolute atomic E-state index is 0.209. The van der Waals surface area contributed by atoms with Crippen LogP contribution >= 0.6 is 0 Å². The molecule has 21 heavy (non-hydrogen) atoms. The van der Waals surface area contributed by atoms with Crippen molar-refractivity contribution in [1.82, 2.24) is 15.2 Å². The Morgan fingerprint density at radius 2 is 1.86 bits per heavy atom. The maximum atomic E-state index is 12.6. The molecular formula is C16H24N4O. The molecule has 114 valence electrons. The van der Waals surface area contributed by atoms with Crippen molar-refractivity contribution in [3.8, 4) is 0 Å². The van der Waals surface area contributed by atoms with Gasteiger partial charge in [0, 0.05) is 56.7 Å². The molecule has 0 saturated carbocycles. The van der Waals surface area contributed by atoms with Crippen LogP contribution in [0.5, 0.6) is 0 Å². The molecular weight excluding hydrogens is 264 g/mol. The van der Waals surface area contributed by atoms with Gasteiger partial charge in [0.1, 0.15) is 0 Å². The van der Waals surface area contributed by atoms with E-state index in [9.17, 15) is 4.79 Å². The van der Waals surface area contributed by atoms with Crippen LogP contribution in [-0.4, -0.2) is 55.1 Å². The summed E-state index contributed by atoms with van der Waals surface area (Å²) < 4.78 is 0. The van der Waals surface area contributed by atoms with Gasteiger partial charge in [-0.25, -0.2) is 0 Å². The maximum Gasteiger partial charge on any atom is 0.225 e. The molecule has 0 spiro atoms. The van der Waals surface area contributed by atoms with Gasteiger partial charge in [0.2, 0.25) is 5.91 Å². The number of anilines is 1. The third-order valence-electron chi connectivity index (χ3n) is 4.52. The van der Waals surface area contributed by atoms with Gasteiger partial charge in [0.05, 0.1) is 0 Å². The molecule has 5 nitrogen and oxygen atoms in total. The fraction of sp³-hybridized carbons (Fsp3) is 0.625. The Morgan fingerprint density at radius 3 is 2.62 bits per heavy atom. The fourth-order valence-corrected chi connectivity index (χ4v) is 3.26. The number of amides is 1. The van der Waals surface area contributed by atoms with Gasteiger partial charge < -0.3 is 15.1 Å². The summed E-state index contributed by atoms with van der Waals surface area (Å²) in [5.74, 6) is 0.578. The van der Waals surface area contributed by atoms with Gasteiger partial charge in [-0.05, 0) is 37.9 Å². The van der Waals surface area contributed by atoms with Crippen molar-refractivity contribution in [2.24, 2.45) is 5.92 Å². The van der Waals surface area contributed by atoms with E-state index in [2.05, 4.69) is 20.1 Å². The first-order valence-electron chi connectivity index (χ1n) is 7.99. The highest BCUT2D eigenvalue weighted by molar-refractivity contribution is 5.79. The SMILES string of the molecule is O=C(C1CCN(c2ccncc2)CC1)N1CCCNCC1. The quantitative estimate of drug-likeness (QED) is 0.886. The molecule has 2 saturated heterocycles. The van der Waals surface area contributed by atoms with E-state index in [1.165, 1.54) is 5.69 Å². The number of piperidine rings is 1. The Morgan fingerprint density at radius 1 is 1.10 bits per heavy atom. The molecule has 0 aliphatic carbocycles. The number of nitrogens with one attached hydrogen (secondary N) is 1. The van der Waals surface area contributed by atoms with Crippen LogP contribution < -0.4 is 10.2 Å². The summed E-state index contributed by atoms with van der Waals surface area (Å²) in [7, 11) is 0. The van der Waals surface area contributed by atoms with Gasteiger partial charge in [0.25, 0.3) is 0 Å². The topological polar surface area (TPSA) is 48.5 Å². The van der Waals surface area contributed by atoms with E-state index in [1.807, 2.05) is 24.5 Å². The van der Waals surface area contributed by atoms with Gasteiger partial charge in [-0.3, -0.25) is 9.78 Å². The number of pyridine rings is 1. The van der Waals surface area contributed by atoms with Crippen LogP contribution in [0.25, 0.3) is 0 Å². The van der Waals surface area contributed by atoms with Crippen molar-refractivity contribution in [2.45, 2.75) is 19.3 Å². The minimum Gasteiger partial charge on any atom is -0.371 e. The first-order valence-corrected chi connectivity index (χ1v) is 7.99. The minimum atomic E-state index is 0.209. The van der Waals surface area contributed by atoms with E-state index in [-0.39, 0.29) is 5.92 Å². The molecule has 2 aliphatic heterocycles. The van der Waals surface area contributed by atoms with Crippen LogP contribution in [0.15, 0.2) is 24.5 Å². The number of carbonyl (C=O) groups is 1. The monoisotopic (exact) mass is 288 g/mol. The molecule has 0 radical (unpaired) electrons. The molecule has 1 amide bonds. The summed E-state index contributed by atoms with van der Waals surface area (Å²) in [6.07, 6.45) is 6.66. The van der Waals surface area contributed by atoms with Crippen LogP contribution in [0.3, 0.4) is 0 Å². The van der Waals surface area contributed by atoms with Crippen molar-refractivity contribution in [3.63, 3.8) is 0 Å². The molecule has 3 heterocycles. The molecule has 0 aromatic carbocycles. The molecule has 5 heteroatoms. The summed E-state index contributed by atoms with van der Waals surface area (Å²) in [6.45, 7) is 5.67. The lowest BCUT2D eigenvalue weighted by Gasteiger charge is -2.35. The first kappa shape index (κ1) is 14.3. The van der Waals surface area contributed by atoms with Crippen LogP contribution in [-0.2, 0) is 4.79 Å². The zero-order chi connectivity index (χ0) is 14.5. The molecule has 0 unspecified atom stereocenters. The van der Waals surface area contributed by atoms with Gasteiger partial charge >= 0.3 is 0 Å². The zero-order valence-electron chi connectivity index (χ0n) is 12.5. The first-order chi connectivity index (χ1) is 10.3. The molecule has 2 fully saturated rings. The van der Waals surface area contributed by atoms with Crippen LogP contribution in [0.2, 0.25) is 0 Å². The summed E-state index contributed by atoms with van der Waals surface area (Å²) in [5, 5.41) is 3.36. The van der Waals surface area contributed by atoms with Crippen molar-refractivity contribution in [1.29, 1.82) is 0 Å². The molecule has 1 aromatic heterocycles. The second-order valence-electron chi connectivity index (χ2n) is 5.90. The number of aromatic nitrogens is 1. The van der Waals surface area contributed by atoms with Crippen LogP contribution in [0.4, 0.5) is 5.69 Å². The van der Waals surface area contributed by atoms with Crippen LogP contribution in [0, 0.1) is 5.92 Å². The largest absolute Gasteiger partial charge is 0.371 e. The number of carbonyl (C=O) groups excluding carboxylic acids is 1. The smallest absolute Gasteiger partial charge is 0.225 e. The lowest BCUT2D eigenvalue weighted by atomic mass is 9.95. The maximum absolute atomic E-state index is 12.6. The van der Waals surface area contributed by atoms with Gasteiger partial charge in [-0.15, -0.1) is 0 Å². The van der Waals surface area contributed by atoms with E-state index >= 15 is 0 Å². The highest BCUT2D eigenvalue weighted by Gasteiger charge is 2.28. The molecule has 1 aromatic rings. The number of hydrogen-bond donors (Lipinski definition) is 1. The Bertz CT molecular complexity index is 449. The average Bonchev–Trinajstić information content (AvgIpc) is 2.84. The molecule has 0 bridgehead atoms. The lowest BCUT2D eigenvalue weighted by Crippen LogP contribution is -2.43. The van der Waals surface area contributed by atoms with Crippen molar-refractivity contribution >= 4 is 11.6 Å². The van der Waals surface area contributed by atoms with E-state index in [0.717, 1.165) is 58.5 Å². The lowest BCUT2D eigenvalue weighted by molar-refractivity contribution is -0.136. The highest BCUT2D eigenvalue weighted by atomic mass is 16.2. The molecule has 1 N–H and O–H groups in total. The van der Waals surface area contributed by atoms with Gasteiger partial charge in [-0.2, -0.15) is 0 Å². The van der Waals surface area contributed by atoms with Crippen molar-refractivity contribution in [3.05, 3.63) is 24.5 Å².